The first-order valence-corrected chi connectivity index (χ1v) is 5.37. The van der Waals surface area contributed by atoms with Crippen molar-refractivity contribution in [3.05, 3.63) is 35.4 Å². The fourth-order valence-electron chi connectivity index (χ4n) is 1.42. The van der Waals surface area contributed by atoms with Crippen molar-refractivity contribution in [2.24, 2.45) is 5.73 Å². The van der Waals surface area contributed by atoms with E-state index in [0.29, 0.717) is 6.07 Å². The molecule has 0 saturated heterocycles. The largest absolute Gasteiger partial charge is 0.368 e. The smallest absolute Gasteiger partial charge is 0.252 e. The van der Waals surface area contributed by atoms with Crippen molar-refractivity contribution in [1.82, 2.24) is 5.32 Å². The molecule has 100 valence electrons. The third kappa shape index (κ3) is 4.35. The SMILES string of the molecule is N#CCC[C@@H](NC(=O)c1cc(F)cc(F)c1)C(N)=O. The van der Waals surface area contributed by atoms with Crippen LogP contribution in [0.25, 0.3) is 0 Å². The van der Waals surface area contributed by atoms with Crippen molar-refractivity contribution in [3.8, 4) is 6.07 Å². The molecule has 19 heavy (non-hydrogen) atoms. The summed E-state index contributed by atoms with van der Waals surface area (Å²) < 4.78 is 25.9. The minimum absolute atomic E-state index is 0.0192. The van der Waals surface area contributed by atoms with Gasteiger partial charge in [0.05, 0.1) is 6.07 Å². The number of nitrogens with one attached hydrogen (secondary N) is 1. The lowest BCUT2D eigenvalue weighted by atomic mass is 10.1. The molecule has 1 aromatic rings. The lowest BCUT2D eigenvalue weighted by Crippen LogP contribution is -2.44. The molecule has 1 rings (SSSR count). The van der Waals surface area contributed by atoms with Crippen molar-refractivity contribution in [2.75, 3.05) is 0 Å². The molecule has 0 unspecified atom stereocenters. The number of amides is 2. The number of benzene rings is 1. The highest BCUT2D eigenvalue weighted by atomic mass is 19.1. The molecule has 2 amide bonds. The zero-order valence-electron chi connectivity index (χ0n) is 9.82. The maximum Gasteiger partial charge on any atom is 0.252 e. The minimum Gasteiger partial charge on any atom is -0.368 e. The van der Waals surface area contributed by atoms with Crippen LogP contribution in [-0.2, 0) is 4.79 Å². The Hall–Kier alpha value is -2.49. The Labute approximate surface area is 108 Å². The summed E-state index contributed by atoms with van der Waals surface area (Å²) in [4.78, 5) is 22.7. The van der Waals surface area contributed by atoms with Gasteiger partial charge in [0.25, 0.3) is 5.91 Å². The van der Waals surface area contributed by atoms with Gasteiger partial charge in [-0.25, -0.2) is 8.78 Å². The number of halogens is 2. The molecule has 0 saturated carbocycles. The molecule has 0 radical (unpaired) electrons. The van der Waals surface area contributed by atoms with Gasteiger partial charge in [0.2, 0.25) is 5.91 Å². The van der Waals surface area contributed by atoms with E-state index in [0.717, 1.165) is 12.1 Å². The molecule has 0 spiro atoms. The summed E-state index contributed by atoms with van der Waals surface area (Å²) in [5.41, 5.74) is 4.79. The number of carbonyl (C=O) groups excluding carboxylic acids is 2. The van der Waals surface area contributed by atoms with Crippen molar-refractivity contribution in [1.29, 1.82) is 5.26 Å². The monoisotopic (exact) mass is 267 g/mol. The van der Waals surface area contributed by atoms with E-state index in [4.69, 9.17) is 11.0 Å². The first-order valence-electron chi connectivity index (χ1n) is 5.37. The van der Waals surface area contributed by atoms with Crippen molar-refractivity contribution >= 4 is 11.8 Å². The van der Waals surface area contributed by atoms with Gasteiger partial charge in [0.15, 0.2) is 0 Å². The highest BCUT2D eigenvalue weighted by molar-refractivity contribution is 5.97. The van der Waals surface area contributed by atoms with E-state index in [1.54, 1.807) is 6.07 Å². The second-order valence-electron chi connectivity index (χ2n) is 3.78. The Morgan fingerprint density at radius 3 is 2.37 bits per heavy atom. The van der Waals surface area contributed by atoms with Crippen molar-refractivity contribution in [2.45, 2.75) is 18.9 Å². The van der Waals surface area contributed by atoms with Crippen LogP contribution in [0.15, 0.2) is 18.2 Å². The summed E-state index contributed by atoms with van der Waals surface area (Å²) in [6.45, 7) is 0. The van der Waals surface area contributed by atoms with E-state index in [2.05, 4.69) is 5.32 Å². The number of carbonyl (C=O) groups is 2. The van der Waals surface area contributed by atoms with Gasteiger partial charge in [0.1, 0.15) is 17.7 Å². The van der Waals surface area contributed by atoms with Gasteiger partial charge in [-0.2, -0.15) is 5.26 Å². The Bertz CT molecular complexity index is 520. The average molecular weight is 267 g/mol. The lowest BCUT2D eigenvalue weighted by molar-refractivity contribution is -0.119. The highest BCUT2D eigenvalue weighted by Gasteiger charge is 2.19. The Morgan fingerprint density at radius 1 is 1.32 bits per heavy atom. The van der Waals surface area contributed by atoms with E-state index in [-0.39, 0.29) is 18.4 Å². The maximum absolute atomic E-state index is 12.9. The van der Waals surface area contributed by atoms with E-state index in [9.17, 15) is 18.4 Å². The first kappa shape index (κ1) is 14.6. The number of hydrogen-bond acceptors (Lipinski definition) is 3. The van der Waals surface area contributed by atoms with Crippen LogP contribution < -0.4 is 11.1 Å². The predicted molar refractivity (Wildman–Crippen MR) is 61.7 cm³/mol. The van der Waals surface area contributed by atoms with Crippen molar-refractivity contribution < 1.29 is 18.4 Å². The van der Waals surface area contributed by atoms with Gasteiger partial charge in [0, 0.05) is 18.1 Å². The molecule has 3 N–H and O–H groups in total. The van der Waals surface area contributed by atoms with E-state index < -0.39 is 29.5 Å². The van der Waals surface area contributed by atoms with E-state index in [1.807, 2.05) is 0 Å². The number of nitriles is 1. The maximum atomic E-state index is 12.9. The lowest BCUT2D eigenvalue weighted by Gasteiger charge is -2.14. The molecule has 5 nitrogen and oxygen atoms in total. The van der Waals surface area contributed by atoms with Crippen LogP contribution in [-0.4, -0.2) is 17.9 Å². The summed E-state index contributed by atoms with van der Waals surface area (Å²) in [5.74, 6) is -3.46. The van der Waals surface area contributed by atoms with Crippen LogP contribution in [0.5, 0.6) is 0 Å². The summed E-state index contributed by atoms with van der Waals surface area (Å²) in [5, 5.41) is 10.6. The molecule has 0 aliphatic carbocycles. The van der Waals surface area contributed by atoms with Crippen LogP contribution >= 0.6 is 0 Å². The third-order valence-corrected chi connectivity index (χ3v) is 2.32. The van der Waals surface area contributed by atoms with Crippen LogP contribution in [0.2, 0.25) is 0 Å². The standard InChI is InChI=1S/C12H11F2N3O2/c13-8-4-7(5-9(14)6-8)12(19)17-10(11(16)18)2-1-3-15/h4-6,10H,1-2H2,(H2,16,18)(H,17,19)/t10-/m1/s1. The quantitative estimate of drug-likeness (QED) is 0.827. The molecule has 0 bridgehead atoms. The van der Waals surface area contributed by atoms with E-state index >= 15 is 0 Å². The Balaban J connectivity index is 2.82. The summed E-state index contributed by atoms with van der Waals surface area (Å²) in [7, 11) is 0. The summed E-state index contributed by atoms with van der Waals surface area (Å²) in [6.07, 6.45) is 0.0563. The van der Waals surface area contributed by atoms with Gasteiger partial charge in [-0.3, -0.25) is 9.59 Å². The fraction of sp³-hybridized carbons (Fsp3) is 0.250. The van der Waals surface area contributed by atoms with Crippen molar-refractivity contribution in [3.63, 3.8) is 0 Å². The Kier molecular flexibility index (Phi) is 4.94. The molecule has 0 fully saturated rings. The van der Waals surface area contributed by atoms with Gasteiger partial charge in [-0.15, -0.1) is 0 Å². The number of rotatable bonds is 5. The molecule has 0 aliphatic heterocycles. The van der Waals surface area contributed by atoms with Crippen LogP contribution in [0.1, 0.15) is 23.2 Å². The van der Waals surface area contributed by atoms with Gasteiger partial charge in [-0.1, -0.05) is 0 Å². The predicted octanol–water partition coefficient (Wildman–Crippen LogP) is 0.852. The summed E-state index contributed by atoms with van der Waals surface area (Å²) in [6, 6.07) is 3.04. The van der Waals surface area contributed by atoms with Gasteiger partial charge < -0.3 is 11.1 Å². The second kappa shape index (κ2) is 6.44. The fourth-order valence-corrected chi connectivity index (χ4v) is 1.42. The molecule has 0 aromatic heterocycles. The van der Waals surface area contributed by atoms with E-state index in [1.165, 1.54) is 0 Å². The van der Waals surface area contributed by atoms with Gasteiger partial charge in [-0.05, 0) is 18.6 Å². The molecular weight excluding hydrogens is 256 g/mol. The molecule has 0 heterocycles. The first-order chi connectivity index (χ1) is 8.93. The zero-order valence-corrected chi connectivity index (χ0v) is 9.82. The number of nitrogens with zero attached hydrogens (tertiary/aromatic N) is 1. The number of primary amides is 1. The normalized spacial score (nSPS) is 11.4. The number of hydrogen-bond donors (Lipinski definition) is 2. The highest BCUT2D eigenvalue weighted by Crippen LogP contribution is 2.08. The molecule has 0 aliphatic rings. The zero-order chi connectivity index (χ0) is 14.4. The molecule has 1 atom stereocenters. The van der Waals surface area contributed by atoms with Gasteiger partial charge >= 0.3 is 0 Å². The van der Waals surface area contributed by atoms with Crippen LogP contribution in [0.3, 0.4) is 0 Å². The topological polar surface area (TPSA) is 96.0 Å². The Morgan fingerprint density at radius 2 is 1.89 bits per heavy atom. The molecule has 1 aromatic carbocycles. The molecular formula is C12H11F2N3O2. The average Bonchev–Trinajstić information content (AvgIpc) is 2.32. The number of nitrogens with two attached hydrogens (primary N) is 1. The second-order valence-corrected chi connectivity index (χ2v) is 3.78. The summed E-state index contributed by atoms with van der Waals surface area (Å²) >= 11 is 0. The third-order valence-electron chi connectivity index (χ3n) is 2.32. The minimum atomic E-state index is -1.06. The molecule has 7 heteroatoms. The van der Waals surface area contributed by atoms with Crippen LogP contribution in [0.4, 0.5) is 8.78 Å². The van der Waals surface area contributed by atoms with Crippen LogP contribution in [0, 0.1) is 23.0 Å².